The predicted octanol–water partition coefficient (Wildman–Crippen LogP) is 0.253. The molecule has 0 saturated carbocycles. The van der Waals surface area contributed by atoms with Crippen LogP contribution in [-0.4, -0.2) is 30.1 Å². The molecule has 1 aromatic rings. The number of hydrogen-bond donors (Lipinski definition) is 2. The van der Waals surface area contributed by atoms with Gasteiger partial charge in [-0.25, -0.2) is 0 Å². The molecule has 2 aliphatic heterocycles. The fourth-order valence-electron chi connectivity index (χ4n) is 2.45. The van der Waals surface area contributed by atoms with E-state index in [1.165, 1.54) is 0 Å². The van der Waals surface area contributed by atoms with Gasteiger partial charge in [-0.3, -0.25) is 4.79 Å². The van der Waals surface area contributed by atoms with Gasteiger partial charge in [-0.05, 0) is 18.1 Å². The number of rotatable bonds is 0. The number of nitrogens with one attached hydrogen (secondary N) is 1. The summed E-state index contributed by atoms with van der Waals surface area (Å²) in [4.78, 5) is 13.3. The van der Waals surface area contributed by atoms with Crippen molar-refractivity contribution in [1.29, 1.82) is 0 Å². The first-order valence-corrected chi connectivity index (χ1v) is 5.10. The molecule has 78 valence electrons. The van der Waals surface area contributed by atoms with Gasteiger partial charge in [-0.1, -0.05) is 12.1 Å². The smallest absolute Gasteiger partial charge is 0.239 e. The molecule has 2 N–H and O–H groups in total. The van der Waals surface area contributed by atoms with Crippen LogP contribution in [0.1, 0.15) is 5.56 Å². The van der Waals surface area contributed by atoms with E-state index in [2.05, 4.69) is 5.32 Å². The number of para-hydroxylation sites is 1. The number of phenolic OH excluding ortho intramolecular Hbond substituents is 1. The minimum atomic E-state index is 0.0300. The lowest BCUT2D eigenvalue weighted by atomic mass is 10.1. The zero-order valence-corrected chi connectivity index (χ0v) is 8.23. The summed E-state index contributed by atoms with van der Waals surface area (Å²) in [6.45, 7) is 1.03. The van der Waals surface area contributed by atoms with E-state index in [9.17, 15) is 9.90 Å². The van der Waals surface area contributed by atoms with Gasteiger partial charge in [0, 0.05) is 6.54 Å². The quantitative estimate of drug-likeness (QED) is 0.637. The lowest BCUT2D eigenvalue weighted by Gasteiger charge is -2.31. The molecule has 0 radical (unpaired) electrons. The fraction of sp³-hybridized carbons (Fsp3) is 0.364. The highest BCUT2D eigenvalue weighted by atomic mass is 16.3. The van der Waals surface area contributed by atoms with Crippen LogP contribution in [0, 0.1) is 0 Å². The second-order valence-electron chi connectivity index (χ2n) is 4.07. The number of piperazine rings is 1. The van der Waals surface area contributed by atoms with Crippen molar-refractivity contribution in [3.05, 3.63) is 23.8 Å². The monoisotopic (exact) mass is 204 g/mol. The van der Waals surface area contributed by atoms with Gasteiger partial charge in [0.1, 0.15) is 5.75 Å². The molecule has 1 atom stereocenters. The summed E-state index contributed by atoms with van der Waals surface area (Å²) in [6.07, 6.45) is 0.907. The van der Waals surface area contributed by atoms with Crippen LogP contribution in [0.15, 0.2) is 18.2 Å². The first-order valence-electron chi connectivity index (χ1n) is 5.10. The molecular weight excluding hydrogens is 192 g/mol. The normalized spacial score (nSPS) is 23.3. The first-order chi connectivity index (χ1) is 7.25. The van der Waals surface area contributed by atoms with Gasteiger partial charge in [0.15, 0.2) is 0 Å². The maximum Gasteiger partial charge on any atom is 0.239 e. The van der Waals surface area contributed by atoms with Crippen LogP contribution in [0.25, 0.3) is 0 Å². The number of nitrogens with zero attached hydrogens (tertiary/aromatic N) is 1. The van der Waals surface area contributed by atoms with Crippen molar-refractivity contribution < 1.29 is 9.90 Å². The molecule has 4 heteroatoms. The van der Waals surface area contributed by atoms with Crippen molar-refractivity contribution in [2.75, 3.05) is 18.0 Å². The van der Waals surface area contributed by atoms with Crippen molar-refractivity contribution in [2.45, 2.75) is 12.5 Å². The standard InChI is InChI=1S/C11H12N2O2/c14-9-3-1-2-7-4-8-5-12-10(15)6-13(8)11(7)9/h1-3,8,14H,4-6H2,(H,12,15). The minimum absolute atomic E-state index is 0.0300. The van der Waals surface area contributed by atoms with Crippen molar-refractivity contribution in [2.24, 2.45) is 0 Å². The Labute approximate surface area is 87.5 Å². The predicted molar refractivity (Wildman–Crippen MR) is 56.0 cm³/mol. The van der Waals surface area contributed by atoms with Crippen LogP contribution in [0.3, 0.4) is 0 Å². The molecule has 2 heterocycles. The zero-order chi connectivity index (χ0) is 10.4. The third-order valence-electron chi connectivity index (χ3n) is 3.13. The molecule has 0 bridgehead atoms. The van der Waals surface area contributed by atoms with Gasteiger partial charge in [0.05, 0.1) is 18.3 Å². The molecule has 1 amide bonds. The molecule has 0 aromatic heterocycles. The number of fused-ring (bicyclic) bond motifs is 3. The lowest BCUT2D eigenvalue weighted by molar-refractivity contribution is -0.120. The van der Waals surface area contributed by atoms with E-state index in [1.807, 2.05) is 17.0 Å². The molecule has 1 unspecified atom stereocenters. The van der Waals surface area contributed by atoms with E-state index in [0.717, 1.165) is 17.7 Å². The third-order valence-corrected chi connectivity index (χ3v) is 3.13. The van der Waals surface area contributed by atoms with Crippen LogP contribution in [-0.2, 0) is 11.2 Å². The second-order valence-corrected chi connectivity index (χ2v) is 4.07. The van der Waals surface area contributed by atoms with E-state index in [1.54, 1.807) is 6.07 Å². The highest BCUT2D eigenvalue weighted by Gasteiger charge is 2.35. The summed E-state index contributed by atoms with van der Waals surface area (Å²) >= 11 is 0. The molecule has 4 nitrogen and oxygen atoms in total. The highest BCUT2D eigenvalue weighted by Crippen LogP contribution is 2.39. The minimum Gasteiger partial charge on any atom is -0.506 e. The summed E-state index contributed by atoms with van der Waals surface area (Å²) in [6, 6.07) is 5.85. The van der Waals surface area contributed by atoms with Crippen LogP contribution < -0.4 is 10.2 Å². The molecule has 1 saturated heterocycles. The Morgan fingerprint density at radius 1 is 1.47 bits per heavy atom. The van der Waals surface area contributed by atoms with Crippen LogP contribution in [0.4, 0.5) is 5.69 Å². The molecular formula is C11H12N2O2. The third kappa shape index (κ3) is 1.17. The Morgan fingerprint density at radius 3 is 3.20 bits per heavy atom. The fourth-order valence-corrected chi connectivity index (χ4v) is 2.45. The van der Waals surface area contributed by atoms with Gasteiger partial charge >= 0.3 is 0 Å². The van der Waals surface area contributed by atoms with Gasteiger partial charge in [-0.15, -0.1) is 0 Å². The summed E-state index contributed by atoms with van der Waals surface area (Å²) < 4.78 is 0. The maximum absolute atomic E-state index is 11.3. The largest absolute Gasteiger partial charge is 0.506 e. The van der Waals surface area contributed by atoms with E-state index in [-0.39, 0.29) is 11.7 Å². The number of hydrogen-bond acceptors (Lipinski definition) is 3. The molecule has 1 fully saturated rings. The van der Waals surface area contributed by atoms with E-state index >= 15 is 0 Å². The number of anilines is 1. The van der Waals surface area contributed by atoms with E-state index in [0.29, 0.717) is 19.1 Å². The SMILES string of the molecule is O=C1CN2c3c(O)cccc3CC2CN1. The summed E-state index contributed by atoms with van der Waals surface area (Å²) in [5, 5.41) is 12.6. The number of aromatic hydroxyl groups is 1. The molecule has 15 heavy (non-hydrogen) atoms. The Kier molecular flexibility index (Phi) is 1.65. The Hall–Kier alpha value is -1.71. The second kappa shape index (κ2) is 2.89. The molecule has 0 aliphatic carbocycles. The molecule has 1 aromatic carbocycles. The molecule has 2 aliphatic rings. The van der Waals surface area contributed by atoms with Gasteiger partial charge < -0.3 is 15.3 Å². The van der Waals surface area contributed by atoms with E-state index in [4.69, 9.17) is 0 Å². The number of benzene rings is 1. The number of carbonyl (C=O) groups excluding carboxylic acids is 1. The molecule has 0 spiro atoms. The Balaban J connectivity index is 2.06. The average molecular weight is 204 g/mol. The van der Waals surface area contributed by atoms with Crippen molar-refractivity contribution >= 4 is 11.6 Å². The summed E-state index contributed by atoms with van der Waals surface area (Å²) in [5.74, 6) is 0.312. The van der Waals surface area contributed by atoms with Crippen molar-refractivity contribution in [3.8, 4) is 5.75 Å². The van der Waals surface area contributed by atoms with Crippen LogP contribution in [0.2, 0.25) is 0 Å². The lowest BCUT2D eigenvalue weighted by Crippen LogP contribution is -2.52. The average Bonchev–Trinajstić information content (AvgIpc) is 2.57. The Bertz CT molecular complexity index is 431. The topological polar surface area (TPSA) is 52.6 Å². The van der Waals surface area contributed by atoms with Gasteiger partial charge in [0.25, 0.3) is 0 Å². The van der Waals surface area contributed by atoms with Gasteiger partial charge in [0.2, 0.25) is 5.91 Å². The first kappa shape index (κ1) is 8.59. The number of carbonyl (C=O) groups is 1. The number of amides is 1. The summed E-state index contributed by atoms with van der Waals surface area (Å²) in [5.41, 5.74) is 1.98. The molecule has 3 rings (SSSR count). The van der Waals surface area contributed by atoms with E-state index < -0.39 is 0 Å². The summed E-state index contributed by atoms with van der Waals surface area (Å²) in [7, 11) is 0. The van der Waals surface area contributed by atoms with Crippen molar-refractivity contribution in [1.82, 2.24) is 5.32 Å². The van der Waals surface area contributed by atoms with Crippen LogP contribution in [0.5, 0.6) is 5.75 Å². The zero-order valence-electron chi connectivity index (χ0n) is 8.23. The number of phenols is 1. The van der Waals surface area contributed by atoms with Gasteiger partial charge in [-0.2, -0.15) is 0 Å². The van der Waals surface area contributed by atoms with Crippen molar-refractivity contribution in [3.63, 3.8) is 0 Å². The highest BCUT2D eigenvalue weighted by molar-refractivity contribution is 5.85. The Morgan fingerprint density at radius 2 is 2.33 bits per heavy atom. The maximum atomic E-state index is 11.3. The van der Waals surface area contributed by atoms with Crippen LogP contribution >= 0.6 is 0 Å².